The van der Waals surface area contributed by atoms with Crippen molar-refractivity contribution in [2.24, 2.45) is 5.92 Å². The van der Waals surface area contributed by atoms with E-state index in [1.165, 1.54) is 0 Å². The van der Waals surface area contributed by atoms with Gasteiger partial charge in [-0.25, -0.2) is 0 Å². The quantitative estimate of drug-likeness (QED) is 0.699. The van der Waals surface area contributed by atoms with Crippen LogP contribution in [-0.2, 0) is 4.79 Å². The Labute approximate surface area is 116 Å². The highest BCUT2D eigenvalue weighted by atomic mass is 16.3. The van der Waals surface area contributed by atoms with Crippen LogP contribution in [0.25, 0.3) is 6.08 Å². The molecule has 3 heteroatoms. The predicted octanol–water partition coefficient (Wildman–Crippen LogP) is 3.89. The number of rotatable bonds is 7. The Balaban J connectivity index is 2.60. The van der Waals surface area contributed by atoms with Gasteiger partial charge in [-0.2, -0.15) is 0 Å². The van der Waals surface area contributed by atoms with Gasteiger partial charge in [0, 0.05) is 19.2 Å². The molecule has 0 atom stereocenters. The first-order valence-corrected chi connectivity index (χ1v) is 7.14. The molecule has 1 heterocycles. The fraction of sp³-hybridized carbons (Fsp3) is 0.562. The fourth-order valence-corrected chi connectivity index (χ4v) is 2.04. The van der Waals surface area contributed by atoms with Gasteiger partial charge in [0.2, 0.25) is 5.91 Å². The Hall–Kier alpha value is -1.51. The smallest absolute Gasteiger partial charge is 0.246 e. The lowest BCUT2D eigenvalue weighted by atomic mass is 10.0. The van der Waals surface area contributed by atoms with Crippen molar-refractivity contribution >= 4 is 12.0 Å². The van der Waals surface area contributed by atoms with E-state index in [1.54, 1.807) is 12.2 Å². The fourth-order valence-electron chi connectivity index (χ4n) is 2.04. The van der Waals surface area contributed by atoms with Crippen molar-refractivity contribution in [1.82, 2.24) is 4.90 Å². The summed E-state index contributed by atoms with van der Waals surface area (Å²) in [5, 5.41) is 0. The van der Waals surface area contributed by atoms with E-state index < -0.39 is 0 Å². The lowest BCUT2D eigenvalue weighted by Gasteiger charge is -2.24. The van der Waals surface area contributed by atoms with Gasteiger partial charge in [-0.15, -0.1) is 0 Å². The van der Waals surface area contributed by atoms with Gasteiger partial charge < -0.3 is 9.32 Å². The third-order valence-corrected chi connectivity index (χ3v) is 3.48. The van der Waals surface area contributed by atoms with Crippen LogP contribution in [0.1, 0.15) is 45.1 Å². The maximum Gasteiger partial charge on any atom is 0.246 e. The molecular formula is C16H25NO2. The summed E-state index contributed by atoms with van der Waals surface area (Å²) < 4.78 is 5.41. The molecule has 1 rings (SSSR count). The van der Waals surface area contributed by atoms with Crippen LogP contribution in [0.15, 0.2) is 22.6 Å². The molecule has 0 bridgehead atoms. The Kier molecular flexibility index (Phi) is 6.40. The summed E-state index contributed by atoms with van der Waals surface area (Å²) in [5.41, 5.74) is 0. The standard InChI is InChI=1S/C16H25NO2/c1-5-14(6-2)12-17(7-3)16(18)11-10-15-9-8-13(4)19-15/h8-11,14H,5-7,12H2,1-4H3/b11-10+. The summed E-state index contributed by atoms with van der Waals surface area (Å²) in [6, 6.07) is 3.77. The van der Waals surface area contributed by atoms with Crippen LogP contribution in [-0.4, -0.2) is 23.9 Å². The minimum absolute atomic E-state index is 0.0588. The predicted molar refractivity (Wildman–Crippen MR) is 78.8 cm³/mol. The molecule has 0 spiro atoms. The monoisotopic (exact) mass is 263 g/mol. The number of carbonyl (C=O) groups is 1. The number of aryl methyl sites for hydroxylation is 1. The molecule has 0 aliphatic heterocycles. The van der Waals surface area contributed by atoms with E-state index in [0.717, 1.165) is 37.5 Å². The van der Waals surface area contributed by atoms with Gasteiger partial charge in [0.05, 0.1) is 0 Å². The molecule has 106 valence electrons. The SMILES string of the molecule is CCC(CC)CN(CC)C(=O)/C=C/c1ccc(C)o1. The van der Waals surface area contributed by atoms with Gasteiger partial charge >= 0.3 is 0 Å². The Morgan fingerprint density at radius 2 is 2.00 bits per heavy atom. The number of carbonyl (C=O) groups excluding carboxylic acids is 1. The van der Waals surface area contributed by atoms with Crippen LogP contribution in [0.5, 0.6) is 0 Å². The van der Waals surface area contributed by atoms with Gasteiger partial charge in [-0.1, -0.05) is 26.7 Å². The molecule has 0 fully saturated rings. The van der Waals surface area contributed by atoms with E-state index >= 15 is 0 Å². The first-order chi connectivity index (χ1) is 9.10. The number of amides is 1. The first-order valence-electron chi connectivity index (χ1n) is 7.14. The third kappa shape index (κ3) is 4.93. The van der Waals surface area contributed by atoms with Crippen molar-refractivity contribution in [1.29, 1.82) is 0 Å². The molecule has 0 aliphatic rings. The van der Waals surface area contributed by atoms with Gasteiger partial charge in [-0.05, 0) is 38.0 Å². The van der Waals surface area contributed by atoms with Crippen molar-refractivity contribution in [3.63, 3.8) is 0 Å². The molecule has 0 aliphatic carbocycles. The molecular weight excluding hydrogens is 238 g/mol. The van der Waals surface area contributed by atoms with Crippen molar-refractivity contribution < 1.29 is 9.21 Å². The molecule has 0 radical (unpaired) electrons. The van der Waals surface area contributed by atoms with Crippen LogP contribution in [0.2, 0.25) is 0 Å². The van der Waals surface area contributed by atoms with E-state index in [4.69, 9.17) is 4.42 Å². The highest BCUT2D eigenvalue weighted by Crippen LogP contribution is 2.11. The second-order valence-electron chi connectivity index (χ2n) is 4.84. The van der Waals surface area contributed by atoms with Crippen molar-refractivity contribution in [2.75, 3.05) is 13.1 Å². The molecule has 1 aromatic rings. The highest BCUT2D eigenvalue weighted by Gasteiger charge is 2.13. The van der Waals surface area contributed by atoms with Gasteiger partial charge in [0.15, 0.2) is 0 Å². The lowest BCUT2D eigenvalue weighted by Crippen LogP contribution is -2.33. The first kappa shape index (κ1) is 15.5. The van der Waals surface area contributed by atoms with Crippen molar-refractivity contribution in [3.05, 3.63) is 29.7 Å². The number of hydrogen-bond donors (Lipinski definition) is 0. The summed E-state index contributed by atoms with van der Waals surface area (Å²) >= 11 is 0. The zero-order chi connectivity index (χ0) is 14.3. The van der Waals surface area contributed by atoms with Gasteiger partial charge in [-0.3, -0.25) is 4.79 Å². The molecule has 19 heavy (non-hydrogen) atoms. The van der Waals surface area contributed by atoms with Crippen LogP contribution in [0.4, 0.5) is 0 Å². The van der Waals surface area contributed by atoms with Crippen LogP contribution >= 0.6 is 0 Å². The maximum absolute atomic E-state index is 12.1. The minimum atomic E-state index is 0.0588. The van der Waals surface area contributed by atoms with Crippen LogP contribution in [0, 0.1) is 12.8 Å². The number of likely N-dealkylation sites (N-methyl/N-ethyl adjacent to an activating group) is 1. The number of hydrogen-bond acceptors (Lipinski definition) is 2. The second kappa shape index (κ2) is 7.82. The van der Waals surface area contributed by atoms with E-state index in [9.17, 15) is 4.79 Å². The van der Waals surface area contributed by atoms with Crippen molar-refractivity contribution in [2.45, 2.75) is 40.5 Å². The molecule has 3 nitrogen and oxygen atoms in total. The summed E-state index contributed by atoms with van der Waals surface area (Å²) in [6.45, 7) is 9.85. The zero-order valence-electron chi connectivity index (χ0n) is 12.5. The molecule has 1 aromatic heterocycles. The molecule has 0 N–H and O–H groups in total. The van der Waals surface area contributed by atoms with Crippen molar-refractivity contribution in [3.8, 4) is 0 Å². The normalized spacial score (nSPS) is 11.4. The Morgan fingerprint density at radius 3 is 2.47 bits per heavy atom. The van der Waals surface area contributed by atoms with Crippen LogP contribution in [0.3, 0.4) is 0 Å². The average molecular weight is 263 g/mol. The van der Waals surface area contributed by atoms with E-state index in [1.807, 2.05) is 30.9 Å². The molecule has 0 aromatic carbocycles. The molecule has 1 amide bonds. The maximum atomic E-state index is 12.1. The third-order valence-electron chi connectivity index (χ3n) is 3.48. The Bertz CT molecular complexity index is 416. The minimum Gasteiger partial charge on any atom is -0.462 e. The van der Waals surface area contributed by atoms with E-state index in [0.29, 0.717) is 5.92 Å². The zero-order valence-corrected chi connectivity index (χ0v) is 12.5. The molecule has 0 saturated carbocycles. The van der Waals surface area contributed by atoms with Gasteiger partial charge in [0.25, 0.3) is 0 Å². The summed E-state index contributed by atoms with van der Waals surface area (Å²) in [4.78, 5) is 14.0. The van der Waals surface area contributed by atoms with Gasteiger partial charge in [0.1, 0.15) is 11.5 Å². The van der Waals surface area contributed by atoms with E-state index in [2.05, 4.69) is 13.8 Å². The highest BCUT2D eigenvalue weighted by molar-refractivity contribution is 5.91. The lowest BCUT2D eigenvalue weighted by molar-refractivity contribution is -0.126. The van der Waals surface area contributed by atoms with Crippen LogP contribution < -0.4 is 0 Å². The largest absolute Gasteiger partial charge is 0.462 e. The number of nitrogens with zero attached hydrogens (tertiary/aromatic N) is 1. The number of furan rings is 1. The van der Waals surface area contributed by atoms with E-state index in [-0.39, 0.29) is 5.91 Å². The summed E-state index contributed by atoms with van der Waals surface area (Å²) in [6.07, 6.45) is 5.57. The topological polar surface area (TPSA) is 33.5 Å². The Morgan fingerprint density at radius 1 is 1.32 bits per heavy atom. The second-order valence-corrected chi connectivity index (χ2v) is 4.84. The summed E-state index contributed by atoms with van der Waals surface area (Å²) in [5.74, 6) is 2.23. The summed E-state index contributed by atoms with van der Waals surface area (Å²) in [7, 11) is 0. The average Bonchev–Trinajstić information content (AvgIpc) is 2.83. The molecule has 0 unspecified atom stereocenters. The molecule has 0 saturated heterocycles.